The van der Waals surface area contributed by atoms with Crippen molar-refractivity contribution < 1.29 is 9.13 Å². The molecular formula is C12H18FNO. The molecule has 3 heteroatoms. The Hall–Kier alpha value is -1.09. The molecule has 0 aromatic heterocycles. The van der Waals surface area contributed by atoms with Crippen molar-refractivity contribution >= 4 is 0 Å². The lowest BCUT2D eigenvalue weighted by molar-refractivity contribution is 0.238. The molecule has 15 heavy (non-hydrogen) atoms. The highest BCUT2D eigenvalue weighted by Gasteiger charge is 2.12. The first-order valence-corrected chi connectivity index (χ1v) is 5.22. The summed E-state index contributed by atoms with van der Waals surface area (Å²) in [5.41, 5.74) is 6.74. The first kappa shape index (κ1) is 12.0. The van der Waals surface area contributed by atoms with Crippen LogP contribution in [-0.2, 0) is 0 Å². The third kappa shape index (κ3) is 3.51. The molecule has 0 spiro atoms. The molecule has 2 N–H and O–H groups in total. The normalized spacial score (nSPS) is 12.9. The number of benzene rings is 1. The van der Waals surface area contributed by atoms with Crippen molar-refractivity contribution in [2.75, 3.05) is 6.67 Å². The van der Waals surface area contributed by atoms with Gasteiger partial charge in [0, 0.05) is 11.6 Å². The van der Waals surface area contributed by atoms with Gasteiger partial charge in [-0.05, 0) is 26.3 Å². The van der Waals surface area contributed by atoms with Crippen LogP contribution in [-0.4, -0.2) is 12.8 Å². The van der Waals surface area contributed by atoms with Crippen molar-refractivity contribution in [2.24, 2.45) is 5.73 Å². The summed E-state index contributed by atoms with van der Waals surface area (Å²) in [4.78, 5) is 0. The number of hydrogen-bond acceptors (Lipinski definition) is 2. The SMILES string of the molecule is CC(C)Oc1ccccc1[C@@H](N)CCF. The lowest BCUT2D eigenvalue weighted by Gasteiger charge is -2.17. The van der Waals surface area contributed by atoms with Crippen LogP contribution >= 0.6 is 0 Å². The molecule has 0 fully saturated rings. The lowest BCUT2D eigenvalue weighted by Crippen LogP contribution is -2.14. The standard InChI is InChI=1S/C12H18FNO/c1-9(2)15-12-6-4-3-5-10(12)11(14)7-8-13/h3-6,9,11H,7-8,14H2,1-2H3/t11-/m0/s1. The van der Waals surface area contributed by atoms with E-state index in [1.165, 1.54) is 0 Å². The molecule has 0 aliphatic heterocycles. The highest BCUT2D eigenvalue weighted by Crippen LogP contribution is 2.26. The molecule has 0 aliphatic carbocycles. The van der Waals surface area contributed by atoms with Gasteiger partial charge in [-0.2, -0.15) is 0 Å². The molecule has 84 valence electrons. The van der Waals surface area contributed by atoms with Crippen molar-refractivity contribution in [2.45, 2.75) is 32.4 Å². The maximum absolute atomic E-state index is 12.2. The largest absolute Gasteiger partial charge is 0.491 e. The first-order chi connectivity index (χ1) is 7.15. The fourth-order valence-corrected chi connectivity index (χ4v) is 1.42. The van der Waals surface area contributed by atoms with Gasteiger partial charge in [-0.25, -0.2) is 0 Å². The average molecular weight is 211 g/mol. The number of hydrogen-bond donors (Lipinski definition) is 1. The molecule has 0 amide bonds. The average Bonchev–Trinajstić information content (AvgIpc) is 2.18. The van der Waals surface area contributed by atoms with Crippen LogP contribution in [0.3, 0.4) is 0 Å². The second kappa shape index (κ2) is 5.71. The van der Waals surface area contributed by atoms with E-state index in [2.05, 4.69) is 0 Å². The summed E-state index contributed by atoms with van der Waals surface area (Å²) >= 11 is 0. The van der Waals surface area contributed by atoms with E-state index < -0.39 is 6.67 Å². The minimum Gasteiger partial charge on any atom is -0.491 e. The third-order valence-electron chi connectivity index (χ3n) is 2.10. The zero-order valence-electron chi connectivity index (χ0n) is 9.24. The molecule has 0 aliphatic rings. The Labute approximate surface area is 90.2 Å². The van der Waals surface area contributed by atoms with Crippen molar-refractivity contribution in [3.05, 3.63) is 29.8 Å². The van der Waals surface area contributed by atoms with E-state index in [1.54, 1.807) is 0 Å². The Kier molecular flexibility index (Phi) is 4.56. The quantitative estimate of drug-likeness (QED) is 0.812. The van der Waals surface area contributed by atoms with Gasteiger partial charge in [0.1, 0.15) is 5.75 Å². The Morgan fingerprint density at radius 3 is 2.60 bits per heavy atom. The van der Waals surface area contributed by atoms with Crippen LogP contribution in [0.4, 0.5) is 4.39 Å². The summed E-state index contributed by atoms with van der Waals surface area (Å²) in [6.07, 6.45) is 0.432. The highest BCUT2D eigenvalue weighted by molar-refractivity contribution is 5.35. The molecule has 2 nitrogen and oxygen atoms in total. The zero-order valence-corrected chi connectivity index (χ0v) is 9.24. The minimum atomic E-state index is -0.406. The first-order valence-electron chi connectivity index (χ1n) is 5.22. The van der Waals surface area contributed by atoms with Gasteiger partial charge in [0.05, 0.1) is 12.8 Å². The Morgan fingerprint density at radius 1 is 1.33 bits per heavy atom. The molecule has 0 radical (unpaired) electrons. The Balaban J connectivity index is 2.85. The Bertz CT molecular complexity index is 301. The number of alkyl halides is 1. The second-order valence-electron chi connectivity index (χ2n) is 3.79. The van der Waals surface area contributed by atoms with Crippen LogP contribution in [0.5, 0.6) is 5.75 Å². The molecule has 1 atom stereocenters. The summed E-state index contributed by atoms with van der Waals surface area (Å²) in [5.74, 6) is 0.758. The van der Waals surface area contributed by atoms with Crippen LogP contribution in [0.25, 0.3) is 0 Å². The second-order valence-corrected chi connectivity index (χ2v) is 3.79. The number of para-hydroxylation sites is 1. The number of halogens is 1. The van der Waals surface area contributed by atoms with Gasteiger partial charge >= 0.3 is 0 Å². The summed E-state index contributed by atoms with van der Waals surface area (Å²) in [6, 6.07) is 7.25. The van der Waals surface area contributed by atoms with E-state index in [4.69, 9.17) is 10.5 Å². The molecule has 0 saturated carbocycles. The van der Waals surface area contributed by atoms with Crippen molar-refractivity contribution in [1.82, 2.24) is 0 Å². The van der Waals surface area contributed by atoms with Crippen LogP contribution in [0.2, 0.25) is 0 Å². The lowest BCUT2D eigenvalue weighted by atomic mass is 10.0. The van der Waals surface area contributed by atoms with Gasteiger partial charge in [-0.15, -0.1) is 0 Å². The van der Waals surface area contributed by atoms with Gasteiger partial charge in [0.25, 0.3) is 0 Å². The Morgan fingerprint density at radius 2 is 2.00 bits per heavy atom. The van der Waals surface area contributed by atoms with Gasteiger partial charge in [-0.3, -0.25) is 4.39 Å². The van der Waals surface area contributed by atoms with E-state index in [0.29, 0.717) is 6.42 Å². The van der Waals surface area contributed by atoms with E-state index in [-0.39, 0.29) is 12.1 Å². The topological polar surface area (TPSA) is 35.2 Å². The predicted octanol–water partition coefficient (Wildman–Crippen LogP) is 2.83. The zero-order chi connectivity index (χ0) is 11.3. The van der Waals surface area contributed by atoms with E-state index in [0.717, 1.165) is 11.3 Å². The van der Waals surface area contributed by atoms with Crippen LogP contribution in [0.1, 0.15) is 31.9 Å². The smallest absolute Gasteiger partial charge is 0.124 e. The molecule has 0 heterocycles. The highest BCUT2D eigenvalue weighted by atomic mass is 19.1. The number of rotatable bonds is 5. The summed E-state index contributed by atoms with van der Waals surface area (Å²) in [7, 11) is 0. The van der Waals surface area contributed by atoms with Crippen molar-refractivity contribution in [1.29, 1.82) is 0 Å². The van der Waals surface area contributed by atoms with Crippen molar-refractivity contribution in [3.63, 3.8) is 0 Å². The number of nitrogens with two attached hydrogens (primary N) is 1. The van der Waals surface area contributed by atoms with Gasteiger partial charge in [0.15, 0.2) is 0 Å². The number of ether oxygens (including phenoxy) is 1. The molecule has 1 aromatic carbocycles. The van der Waals surface area contributed by atoms with Gasteiger partial charge < -0.3 is 10.5 Å². The summed E-state index contributed by atoms with van der Waals surface area (Å²) in [5, 5.41) is 0. The van der Waals surface area contributed by atoms with E-state index >= 15 is 0 Å². The maximum atomic E-state index is 12.2. The fourth-order valence-electron chi connectivity index (χ4n) is 1.42. The minimum absolute atomic E-state index is 0.101. The van der Waals surface area contributed by atoms with Crippen molar-refractivity contribution in [3.8, 4) is 5.75 Å². The predicted molar refractivity (Wildman–Crippen MR) is 59.7 cm³/mol. The molecule has 1 rings (SSSR count). The van der Waals surface area contributed by atoms with Crippen LogP contribution in [0, 0.1) is 0 Å². The molecule has 1 aromatic rings. The third-order valence-corrected chi connectivity index (χ3v) is 2.10. The maximum Gasteiger partial charge on any atom is 0.124 e. The summed E-state index contributed by atoms with van der Waals surface area (Å²) in [6.45, 7) is 3.51. The van der Waals surface area contributed by atoms with Crippen LogP contribution in [0.15, 0.2) is 24.3 Å². The van der Waals surface area contributed by atoms with E-state index in [9.17, 15) is 4.39 Å². The fraction of sp³-hybridized carbons (Fsp3) is 0.500. The monoisotopic (exact) mass is 211 g/mol. The van der Waals surface area contributed by atoms with E-state index in [1.807, 2.05) is 38.1 Å². The molecule has 0 unspecified atom stereocenters. The van der Waals surface area contributed by atoms with Gasteiger partial charge in [-0.1, -0.05) is 18.2 Å². The van der Waals surface area contributed by atoms with Gasteiger partial charge in [0.2, 0.25) is 0 Å². The summed E-state index contributed by atoms with van der Waals surface area (Å²) < 4.78 is 17.8. The van der Waals surface area contributed by atoms with Crippen LogP contribution < -0.4 is 10.5 Å². The molecule has 0 bridgehead atoms. The molecule has 0 saturated heterocycles. The molecular weight excluding hydrogens is 193 g/mol.